The van der Waals surface area contributed by atoms with Crippen LogP contribution in [0.25, 0.3) is 0 Å². The fraction of sp³-hybridized carbons (Fsp3) is 0.700. The zero-order valence-electron chi connectivity index (χ0n) is 9.49. The van der Waals surface area contributed by atoms with Crippen LogP contribution in [0, 0.1) is 0 Å². The average molecular weight is 196 g/mol. The van der Waals surface area contributed by atoms with Crippen LogP contribution in [0.1, 0.15) is 13.8 Å². The highest BCUT2D eigenvalue weighted by Gasteiger charge is 2.04. The summed E-state index contributed by atoms with van der Waals surface area (Å²) >= 11 is 0. The van der Waals surface area contributed by atoms with Crippen molar-refractivity contribution < 1.29 is 0 Å². The standard InChI is InChI=1S/C10H20N4/c1-9(2)11-5-7-13(3)10-12-6-8-14(10)4/h6,8-9,11H,5,7H2,1-4H3. The third kappa shape index (κ3) is 3.03. The molecule has 1 heterocycles. The van der Waals surface area contributed by atoms with Gasteiger partial charge in [0.2, 0.25) is 5.95 Å². The minimum absolute atomic E-state index is 0.546. The molecule has 0 aliphatic carbocycles. The van der Waals surface area contributed by atoms with E-state index >= 15 is 0 Å². The van der Waals surface area contributed by atoms with E-state index in [0.29, 0.717) is 6.04 Å². The zero-order chi connectivity index (χ0) is 10.6. The Balaban J connectivity index is 2.36. The highest BCUT2D eigenvalue weighted by molar-refractivity contribution is 5.28. The van der Waals surface area contributed by atoms with E-state index in [9.17, 15) is 0 Å². The highest BCUT2D eigenvalue weighted by Crippen LogP contribution is 2.05. The summed E-state index contributed by atoms with van der Waals surface area (Å²) in [6.45, 7) is 6.27. The van der Waals surface area contributed by atoms with Crippen LogP contribution in [-0.2, 0) is 7.05 Å². The number of aromatic nitrogens is 2. The van der Waals surface area contributed by atoms with Crippen molar-refractivity contribution in [2.24, 2.45) is 7.05 Å². The Morgan fingerprint density at radius 1 is 1.57 bits per heavy atom. The van der Waals surface area contributed by atoms with Crippen LogP contribution < -0.4 is 10.2 Å². The number of hydrogen-bond donors (Lipinski definition) is 1. The van der Waals surface area contributed by atoms with Crippen LogP contribution in [0.3, 0.4) is 0 Å². The van der Waals surface area contributed by atoms with Gasteiger partial charge in [0.15, 0.2) is 0 Å². The average Bonchev–Trinajstić information content (AvgIpc) is 2.50. The maximum atomic E-state index is 4.27. The van der Waals surface area contributed by atoms with E-state index in [2.05, 4.69) is 36.1 Å². The van der Waals surface area contributed by atoms with Crippen molar-refractivity contribution in [2.75, 3.05) is 25.0 Å². The zero-order valence-corrected chi connectivity index (χ0v) is 9.49. The van der Waals surface area contributed by atoms with Crippen molar-refractivity contribution in [2.45, 2.75) is 19.9 Å². The number of imidazole rings is 1. The van der Waals surface area contributed by atoms with E-state index in [4.69, 9.17) is 0 Å². The topological polar surface area (TPSA) is 33.1 Å². The summed E-state index contributed by atoms with van der Waals surface area (Å²) in [5.74, 6) is 1.01. The van der Waals surface area contributed by atoms with Gasteiger partial charge in [-0.3, -0.25) is 0 Å². The Kier molecular flexibility index (Phi) is 3.95. The summed E-state index contributed by atoms with van der Waals surface area (Å²) in [5.41, 5.74) is 0. The summed E-state index contributed by atoms with van der Waals surface area (Å²) in [5, 5.41) is 3.38. The number of anilines is 1. The van der Waals surface area contributed by atoms with Crippen molar-refractivity contribution >= 4 is 5.95 Å². The molecule has 0 atom stereocenters. The van der Waals surface area contributed by atoms with Crippen LogP contribution in [0.5, 0.6) is 0 Å². The van der Waals surface area contributed by atoms with Gasteiger partial charge in [-0.2, -0.15) is 0 Å². The van der Waals surface area contributed by atoms with Gasteiger partial charge in [-0.25, -0.2) is 4.98 Å². The second kappa shape index (κ2) is 5.00. The molecule has 1 aromatic rings. The first kappa shape index (κ1) is 11.0. The van der Waals surface area contributed by atoms with Gasteiger partial charge in [-0.05, 0) is 0 Å². The van der Waals surface area contributed by atoms with Crippen LogP contribution in [0.15, 0.2) is 12.4 Å². The first-order chi connectivity index (χ1) is 6.61. The van der Waals surface area contributed by atoms with Gasteiger partial charge in [-0.1, -0.05) is 13.8 Å². The van der Waals surface area contributed by atoms with Crippen molar-refractivity contribution in [1.29, 1.82) is 0 Å². The lowest BCUT2D eigenvalue weighted by atomic mass is 10.4. The molecule has 0 amide bonds. The van der Waals surface area contributed by atoms with Crippen LogP contribution in [0.2, 0.25) is 0 Å². The fourth-order valence-corrected chi connectivity index (χ4v) is 1.35. The smallest absolute Gasteiger partial charge is 0.204 e. The molecule has 1 rings (SSSR count). The summed E-state index contributed by atoms with van der Waals surface area (Å²) in [7, 11) is 4.07. The number of nitrogens with one attached hydrogen (secondary N) is 1. The third-order valence-corrected chi connectivity index (χ3v) is 2.14. The number of nitrogens with zero attached hydrogens (tertiary/aromatic N) is 3. The SMILES string of the molecule is CC(C)NCCN(C)c1nccn1C. The van der Waals surface area contributed by atoms with Gasteiger partial charge in [0.1, 0.15) is 0 Å². The monoisotopic (exact) mass is 196 g/mol. The van der Waals surface area contributed by atoms with Gasteiger partial charge < -0.3 is 14.8 Å². The number of likely N-dealkylation sites (N-methyl/N-ethyl adjacent to an activating group) is 1. The molecule has 0 aromatic carbocycles. The predicted octanol–water partition coefficient (Wildman–Crippen LogP) is 0.854. The second-order valence-electron chi connectivity index (χ2n) is 3.87. The largest absolute Gasteiger partial charge is 0.344 e. The third-order valence-electron chi connectivity index (χ3n) is 2.14. The minimum atomic E-state index is 0.546. The Hall–Kier alpha value is -1.03. The maximum absolute atomic E-state index is 4.27. The molecule has 1 aromatic heterocycles. The number of rotatable bonds is 5. The van der Waals surface area contributed by atoms with Crippen molar-refractivity contribution in [3.05, 3.63) is 12.4 Å². The van der Waals surface area contributed by atoms with E-state index in [0.717, 1.165) is 19.0 Å². The minimum Gasteiger partial charge on any atom is -0.344 e. The molecule has 0 saturated heterocycles. The lowest BCUT2D eigenvalue weighted by Crippen LogP contribution is -2.33. The van der Waals surface area contributed by atoms with Crippen LogP contribution in [0.4, 0.5) is 5.95 Å². The molecule has 1 N–H and O–H groups in total. The van der Waals surface area contributed by atoms with Crippen LogP contribution >= 0.6 is 0 Å². The molecular weight excluding hydrogens is 176 g/mol. The highest BCUT2D eigenvalue weighted by atomic mass is 15.3. The maximum Gasteiger partial charge on any atom is 0.204 e. The molecule has 4 heteroatoms. The molecule has 14 heavy (non-hydrogen) atoms. The van der Waals surface area contributed by atoms with E-state index < -0.39 is 0 Å². The van der Waals surface area contributed by atoms with E-state index in [1.54, 1.807) is 0 Å². The molecule has 0 fully saturated rings. The van der Waals surface area contributed by atoms with Gasteiger partial charge in [0.25, 0.3) is 0 Å². The van der Waals surface area contributed by atoms with Gasteiger partial charge >= 0.3 is 0 Å². The van der Waals surface area contributed by atoms with Gasteiger partial charge in [-0.15, -0.1) is 0 Å². The van der Waals surface area contributed by atoms with E-state index in [1.165, 1.54) is 0 Å². The lowest BCUT2D eigenvalue weighted by molar-refractivity contribution is 0.585. The van der Waals surface area contributed by atoms with Gasteiger partial charge in [0.05, 0.1) is 0 Å². The predicted molar refractivity (Wildman–Crippen MR) is 59.6 cm³/mol. The fourth-order valence-electron chi connectivity index (χ4n) is 1.35. The Bertz CT molecular complexity index is 267. The normalized spacial score (nSPS) is 10.9. The summed E-state index contributed by atoms with van der Waals surface area (Å²) in [6, 6.07) is 0.546. The second-order valence-corrected chi connectivity index (χ2v) is 3.87. The molecule has 0 spiro atoms. The van der Waals surface area contributed by atoms with E-state index in [-0.39, 0.29) is 0 Å². The van der Waals surface area contributed by atoms with E-state index in [1.807, 2.05) is 24.0 Å². The Morgan fingerprint density at radius 2 is 2.29 bits per heavy atom. The molecule has 4 nitrogen and oxygen atoms in total. The summed E-state index contributed by atoms with van der Waals surface area (Å²) < 4.78 is 2.02. The van der Waals surface area contributed by atoms with Crippen molar-refractivity contribution in [3.63, 3.8) is 0 Å². The molecule has 0 radical (unpaired) electrons. The number of aryl methyl sites for hydroxylation is 1. The molecule has 0 bridgehead atoms. The molecule has 80 valence electrons. The summed E-state index contributed by atoms with van der Waals surface area (Å²) in [4.78, 5) is 6.42. The summed E-state index contributed by atoms with van der Waals surface area (Å²) in [6.07, 6.45) is 3.78. The first-order valence-corrected chi connectivity index (χ1v) is 5.03. The number of hydrogen-bond acceptors (Lipinski definition) is 3. The van der Waals surface area contributed by atoms with Crippen molar-refractivity contribution in [1.82, 2.24) is 14.9 Å². The van der Waals surface area contributed by atoms with Crippen LogP contribution in [-0.4, -0.2) is 35.7 Å². The quantitative estimate of drug-likeness (QED) is 0.758. The molecule has 0 unspecified atom stereocenters. The first-order valence-electron chi connectivity index (χ1n) is 5.03. The van der Waals surface area contributed by atoms with Gasteiger partial charge in [0, 0.05) is 45.6 Å². The molecule has 0 aliphatic rings. The lowest BCUT2D eigenvalue weighted by Gasteiger charge is -2.19. The molecule has 0 saturated carbocycles. The van der Waals surface area contributed by atoms with Crippen molar-refractivity contribution in [3.8, 4) is 0 Å². The Morgan fingerprint density at radius 3 is 2.79 bits per heavy atom. The molecular formula is C10H20N4. The molecule has 0 aliphatic heterocycles. The Labute approximate surface area is 85.9 Å².